The summed E-state index contributed by atoms with van der Waals surface area (Å²) in [7, 11) is 0. The standard InChI is InChI=1S/C24H30F4N6O2/c25-17-7-18(8-17)34(10-14-1-3-15(4-2-14)22(27)28)24-21(26)23(31-13-32-24)30-9-16-5-6-33(11-19(16)35)12-20(29)36/h1-4,13,16-19,22,35H,5-12H2,(H2,29,36)(H,30,31,32)/t16-,17?,18?,19+/m0/s1. The lowest BCUT2D eigenvalue weighted by atomic mass is 9.89. The van der Waals surface area contributed by atoms with E-state index >= 15 is 4.39 Å². The SMILES string of the molecule is NC(=O)CN1CC[C@@H](CNc2ncnc(N(Cc3ccc(C(F)F)cc3)C3CC(F)C3)c2F)[C@H](O)C1. The fraction of sp³-hybridized carbons (Fsp3) is 0.542. The second-order valence-corrected chi connectivity index (χ2v) is 9.45. The molecule has 2 atom stereocenters. The van der Waals surface area contributed by atoms with Gasteiger partial charge >= 0.3 is 0 Å². The molecule has 2 fully saturated rings. The predicted octanol–water partition coefficient (Wildman–Crippen LogP) is 2.64. The number of carbonyl (C=O) groups excluding carboxylic acids is 1. The van der Waals surface area contributed by atoms with E-state index in [0.717, 1.165) is 0 Å². The van der Waals surface area contributed by atoms with Gasteiger partial charge in [-0.1, -0.05) is 24.3 Å². The Hall–Kier alpha value is -2.99. The number of nitrogens with two attached hydrogens (primary N) is 1. The highest BCUT2D eigenvalue weighted by Gasteiger charge is 2.36. The fourth-order valence-electron chi connectivity index (χ4n) is 4.68. The highest BCUT2D eigenvalue weighted by molar-refractivity contribution is 5.75. The molecule has 4 N–H and O–H groups in total. The quantitative estimate of drug-likeness (QED) is 0.422. The number of likely N-dealkylation sites (tertiary alicyclic amines) is 1. The van der Waals surface area contributed by atoms with Gasteiger partial charge in [-0.3, -0.25) is 9.69 Å². The molecule has 0 radical (unpaired) electrons. The average Bonchev–Trinajstić information content (AvgIpc) is 2.81. The molecule has 2 aliphatic rings. The summed E-state index contributed by atoms with van der Waals surface area (Å²) < 4.78 is 55.0. The molecule has 0 unspecified atom stereocenters. The Bertz CT molecular complexity index is 1040. The first-order valence-corrected chi connectivity index (χ1v) is 11.9. The van der Waals surface area contributed by atoms with Crippen LogP contribution in [0.3, 0.4) is 0 Å². The van der Waals surface area contributed by atoms with E-state index in [1.807, 2.05) is 0 Å². The van der Waals surface area contributed by atoms with E-state index in [4.69, 9.17) is 5.73 Å². The zero-order chi connectivity index (χ0) is 25.8. The number of benzene rings is 1. The highest BCUT2D eigenvalue weighted by atomic mass is 19.3. The molecule has 36 heavy (non-hydrogen) atoms. The van der Waals surface area contributed by atoms with E-state index < -0.39 is 30.4 Å². The van der Waals surface area contributed by atoms with Crippen LogP contribution in [0.1, 0.15) is 36.8 Å². The summed E-state index contributed by atoms with van der Waals surface area (Å²) in [6.07, 6.45) is -2.06. The number of halogens is 4. The number of primary amides is 1. The molecule has 2 aromatic rings. The maximum absolute atomic E-state index is 15.5. The molecule has 196 valence electrons. The lowest BCUT2D eigenvalue weighted by Gasteiger charge is -2.40. The number of rotatable bonds is 10. The number of hydrogen-bond donors (Lipinski definition) is 3. The molecule has 4 rings (SSSR count). The van der Waals surface area contributed by atoms with Gasteiger partial charge in [-0.15, -0.1) is 0 Å². The van der Waals surface area contributed by atoms with Crippen LogP contribution in [0, 0.1) is 11.7 Å². The van der Waals surface area contributed by atoms with Crippen molar-refractivity contribution >= 4 is 17.5 Å². The molecule has 1 aliphatic heterocycles. The van der Waals surface area contributed by atoms with Crippen LogP contribution >= 0.6 is 0 Å². The molecular weight excluding hydrogens is 480 g/mol. The Morgan fingerprint density at radius 2 is 1.97 bits per heavy atom. The van der Waals surface area contributed by atoms with Gasteiger partial charge in [-0.25, -0.2) is 23.1 Å². The van der Waals surface area contributed by atoms with Crippen molar-refractivity contribution < 1.29 is 27.5 Å². The minimum absolute atomic E-state index is 0.000776. The third-order valence-electron chi connectivity index (χ3n) is 6.84. The van der Waals surface area contributed by atoms with Crippen LogP contribution in [-0.2, 0) is 11.3 Å². The monoisotopic (exact) mass is 510 g/mol. The lowest BCUT2D eigenvalue weighted by Crippen LogP contribution is -2.48. The average molecular weight is 511 g/mol. The van der Waals surface area contributed by atoms with Crippen LogP contribution in [0.15, 0.2) is 30.6 Å². The first kappa shape index (κ1) is 26.1. The van der Waals surface area contributed by atoms with Crippen LogP contribution < -0.4 is 16.0 Å². The van der Waals surface area contributed by atoms with Crippen LogP contribution in [0.4, 0.5) is 29.2 Å². The number of β-amino-alcohol motifs (C(OH)–C–C–N with tert-alkyl or cyclic N) is 1. The van der Waals surface area contributed by atoms with Gasteiger partial charge in [0.2, 0.25) is 11.7 Å². The molecule has 12 heteroatoms. The zero-order valence-corrected chi connectivity index (χ0v) is 19.7. The van der Waals surface area contributed by atoms with E-state index in [2.05, 4.69) is 15.3 Å². The van der Waals surface area contributed by atoms with Gasteiger partial charge < -0.3 is 21.1 Å². The van der Waals surface area contributed by atoms with Crippen molar-refractivity contribution in [3.63, 3.8) is 0 Å². The Morgan fingerprint density at radius 3 is 2.58 bits per heavy atom. The maximum atomic E-state index is 15.5. The van der Waals surface area contributed by atoms with Crippen molar-refractivity contribution in [2.45, 2.75) is 50.6 Å². The third-order valence-corrected chi connectivity index (χ3v) is 6.84. The number of amides is 1. The van der Waals surface area contributed by atoms with Crippen molar-refractivity contribution in [2.75, 3.05) is 36.4 Å². The summed E-state index contributed by atoms with van der Waals surface area (Å²) in [5.74, 6) is -1.39. The van der Waals surface area contributed by atoms with E-state index in [0.29, 0.717) is 18.5 Å². The fourth-order valence-corrected chi connectivity index (χ4v) is 4.68. The molecule has 1 saturated heterocycles. The normalized spacial score (nSPS) is 24.4. The number of anilines is 2. The highest BCUT2D eigenvalue weighted by Crippen LogP contribution is 2.35. The third kappa shape index (κ3) is 6.22. The van der Waals surface area contributed by atoms with Crippen molar-refractivity contribution in [1.29, 1.82) is 0 Å². The Kier molecular flexibility index (Phi) is 8.24. The van der Waals surface area contributed by atoms with Gasteiger partial charge in [0.1, 0.15) is 12.5 Å². The largest absolute Gasteiger partial charge is 0.391 e. The number of aliphatic hydroxyl groups excluding tert-OH is 1. The smallest absolute Gasteiger partial charge is 0.263 e. The molecule has 0 spiro atoms. The Morgan fingerprint density at radius 1 is 1.25 bits per heavy atom. The van der Waals surface area contributed by atoms with Gasteiger partial charge in [0.15, 0.2) is 11.6 Å². The number of aromatic nitrogens is 2. The van der Waals surface area contributed by atoms with E-state index in [1.165, 1.54) is 18.5 Å². The van der Waals surface area contributed by atoms with E-state index in [-0.39, 0.29) is 68.2 Å². The molecule has 1 saturated carbocycles. The zero-order valence-electron chi connectivity index (χ0n) is 19.7. The van der Waals surface area contributed by atoms with Gasteiger partial charge in [0.05, 0.1) is 12.6 Å². The summed E-state index contributed by atoms with van der Waals surface area (Å²) in [6.45, 7) is 1.36. The summed E-state index contributed by atoms with van der Waals surface area (Å²) in [6, 6.07) is 5.44. The maximum Gasteiger partial charge on any atom is 0.263 e. The Balaban J connectivity index is 1.45. The molecule has 1 aromatic carbocycles. The van der Waals surface area contributed by atoms with Crippen molar-refractivity contribution in [1.82, 2.24) is 14.9 Å². The summed E-state index contributed by atoms with van der Waals surface area (Å²) in [4.78, 5) is 22.7. The van der Waals surface area contributed by atoms with Crippen LogP contribution in [0.25, 0.3) is 0 Å². The van der Waals surface area contributed by atoms with Crippen molar-refractivity contribution in [3.05, 3.63) is 47.5 Å². The summed E-state index contributed by atoms with van der Waals surface area (Å²) in [5, 5.41) is 13.4. The van der Waals surface area contributed by atoms with Gasteiger partial charge in [-0.2, -0.15) is 4.39 Å². The first-order chi connectivity index (χ1) is 17.2. The molecule has 8 nitrogen and oxygen atoms in total. The lowest BCUT2D eigenvalue weighted by molar-refractivity contribution is -0.120. The van der Waals surface area contributed by atoms with Crippen LogP contribution in [-0.4, -0.2) is 70.4 Å². The number of carbonyl (C=O) groups is 1. The number of alkyl halides is 3. The van der Waals surface area contributed by atoms with Gasteiger partial charge in [0, 0.05) is 37.2 Å². The van der Waals surface area contributed by atoms with E-state index in [1.54, 1.807) is 21.9 Å². The molecule has 0 bridgehead atoms. The second kappa shape index (κ2) is 11.4. The van der Waals surface area contributed by atoms with Gasteiger partial charge in [0.25, 0.3) is 6.43 Å². The van der Waals surface area contributed by atoms with Crippen LogP contribution in [0.2, 0.25) is 0 Å². The molecule has 1 amide bonds. The minimum atomic E-state index is -2.59. The topological polar surface area (TPSA) is 108 Å². The predicted molar refractivity (Wildman–Crippen MR) is 126 cm³/mol. The van der Waals surface area contributed by atoms with Crippen LogP contribution in [0.5, 0.6) is 0 Å². The van der Waals surface area contributed by atoms with E-state index in [9.17, 15) is 23.1 Å². The Labute approximate surface area is 206 Å². The number of hydrogen-bond acceptors (Lipinski definition) is 7. The summed E-state index contributed by atoms with van der Waals surface area (Å²) in [5.41, 5.74) is 5.77. The van der Waals surface area contributed by atoms with Gasteiger partial charge in [-0.05, 0) is 31.4 Å². The first-order valence-electron chi connectivity index (χ1n) is 11.9. The molecule has 2 heterocycles. The number of nitrogens with zero attached hydrogens (tertiary/aromatic N) is 4. The number of aliphatic hydroxyl groups is 1. The number of piperidine rings is 1. The molecule has 1 aromatic heterocycles. The van der Waals surface area contributed by atoms with Crippen molar-refractivity contribution in [2.24, 2.45) is 11.7 Å². The molecule has 1 aliphatic carbocycles. The number of nitrogens with one attached hydrogen (secondary N) is 1. The molecular formula is C24H30F4N6O2. The second-order valence-electron chi connectivity index (χ2n) is 9.45. The summed E-state index contributed by atoms with van der Waals surface area (Å²) >= 11 is 0. The van der Waals surface area contributed by atoms with Crippen molar-refractivity contribution in [3.8, 4) is 0 Å². The minimum Gasteiger partial charge on any atom is -0.391 e.